The van der Waals surface area contributed by atoms with E-state index in [0.29, 0.717) is 24.5 Å². The van der Waals surface area contributed by atoms with Gasteiger partial charge in [0.25, 0.3) is 0 Å². The van der Waals surface area contributed by atoms with E-state index < -0.39 is 5.97 Å². The predicted octanol–water partition coefficient (Wildman–Crippen LogP) is 2.16. The molecular formula is C13H19NO4. The summed E-state index contributed by atoms with van der Waals surface area (Å²) in [6.07, 6.45) is 0.712. The van der Waals surface area contributed by atoms with E-state index in [0.717, 1.165) is 0 Å². The molecule has 5 nitrogen and oxygen atoms in total. The summed E-state index contributed by atoms with van der Waals surface area (Å²) in [6.45, 7) is 4.39. The maximum absolute atomic E-state index is 10.7. The second-order valence-electron chi connectivity index (χ2n) is 4.62. The van der Waals surface area contributed by atoms with Crippen molar-refractivity contribution >= 4 is 11.7 Å². The van der Waals surface area contributed by atoms with Gasteiger partial charge in [0.15, 0.2) is 0 Å². The molecule has 3 N–H and O–H groups in total. The maximum Gasteiger partial charge on any atom is 0.335 e. The summed E-state index contributed by atoms with van der Waals surface area (Å²) in [4.78, 5) is 10.7. The molecule has 5 heteroatoms. The number of carboxylic acid groups (broad SMARTS) is 1. The molecule has 0 heterocycles. The minimum atomic E-state index is -1.01. The summed E-state index contributed by atoms with van der Waals surface area (Å²) in [6, 6.07) is 4.42. The van der Waals surface area contributed by atoms with Crippen LogP contribution in [0.5, 0.6) is 5.75 Å². The van der Waals surface area contributed by atoms with Crippen LogP contribution in [0.25, 0.3) is 0 Å². The van der Waals surface area contributed by atoms with Crippen LogP contribution < -0.4 is 10.5 Å². The van der Waals surface area contributed by atoms with Crippen molar-refractivity contribution in [2.45, 2.75) is 25.9 Å². The lowest BCUT2D eigenvalue weighted by atomic mass is 10.1. The Morgan fingerprint density at radius 3 is 2.61 bits per heavy atom. The average Bonchev–Trinajstić information content (AvgIpc) is 2.31. The van der Waals surface area contributed by atoms with Gasteiger partial charge < -0.3 is 20.3 Å². The molecule has 0 amide bonds. The fraction of sp³-hybridized carbons (Fsp3) is 0.462. The minimum Gasteiger partial charge on any atom is -0.491 e. The van der Waals surface area contributed by atoms with Crippen LogP contribution in [0.15, 0.2) is 18.2 Å². The summed E-state index contributed by atoms with van der Waals surface area (Å²) >= 11 is 0. The van der Waals surface area contributed by atoms with Crippen LogP contribution in [0, 0.1) is 0 Å². The number of methoxy groups -OCH3 is 1. The zero-order valence-electron chi connectivity index (χ0n) is 10.9. The number of rotatable bonds is 6. The second-order valence-corrected chi connectivity index (χ2v) is 4.62. The lowest BCUT2D eigenvalue weighted by molar-refractivity contribution is 0.00551. The molecule has 0 unspecified atom stereocenters. The molecule has 0 saturated heterocycles. The van der Waals surface area contributed by atoms with Crippen molar-refractivity contribution in [3.05, 3.63) is 23.8 Å². The Morgan fingerprint density at radius 2 is 2.11 bits per heavy atom. The maximum atomic E-state index is 10.7. The van der Waals surface area contributed by atoms with Crippen molar-refractivity contribution in [1.82, 2.24) is 0 Å². The van der Waals surface area contributed by atoms with E-state index in [-0.39, 0.29) is 11.2 Å². The molecule has 1 aromatic rings. The Morgan fingerprint density at radius 1 is 1.44 bits per heavy atom. The fourth-order valence-electron chi connectivity index (χ4n) is 1.32. The number of nitrogens with two attached hydrogens (primary N) is 1. The third-order valence-corrected chi connectivity index (χ3v) is 2.77. The van der Waals surface area contributed by atoms with Gasteiger partial charge in [-0.3, -0.25) is 0 Å². The van der Waals surface area contributed by atoms with Crippen LogP contribution >= 0.6 is 0 Å². The number of anilines is 1. The third-order valence-electron chi connectivity index (χ3n) is 2.77. The lowest BCUT2D eigenvalue weighted by Gasteiger charge is -2.22. The van der Waals surface area contributed by atoms with E-state index in [1.807, 2.05) is 13.8 Å². The normalized spacial score (nSPS) is 11.3. The quantitative estimate of drug-likeness (QED) is 0.759. The first-order valence-electron chi connectivity index (χ1n) is 5.66. The first-order chi connectivity index (χ1) is 8.35. The van der Waals surface area contributed by atoms with Crippen molar-refractivity contribution in [3.8, 4) is 5.75 Å². The van der Waals surface area contributed by atoms with Gasteiger partial charge in [-0.05, 0) is 32.0 Å². The Kier molecular flexibility index (Phi) is 4.55. The summed E-state index contributed by atoms with van der Waals surface area (Å²) in [5.74, 6) is -0.513. The predicted molar refractivity (Wildman–Crippen MR) is 69.0 cm³/mol. The summed E-state index contributed by atoms with van der Waals surface area (Å²) in [5, 5.41) is 8.80. The molecule has 1 rings (SSSR count). The minimum absolute atomic E-state index is 0.150. The third kappa shape index (κ3) is 3.92. The molecule has 18 heavy (non-hydrogen) atoms. The highest BCUT2D eigenvalue weighted by atomic mass is 16.5. The Hall–Kier alpha value is -1.75. The van der Waals surface area contributed by atoms with Crippen LogP contribution in [0.4, 0.5) is 5.69 Å². The zero-order valence-corrected chi connectivity index (χ0v) is 10.9. The first kappa shape index (κ1) is 14.3. The monoisotopic (exact) mass is 253 g/mol. The highest BCUT2D eigenvalue weighted by Gasteiger charge is 2.16. The molecule has 0 radical (unpaired) electrons. The van der Waals surface area contributed by atoms with Crippen LogP contribution in [0.1, 0.15) is 30.6 Å². The molecule has 0 spiro atoms. The second kappa shape index (κ2) is 5.73. The Labute approximate surface area is 107 Å². The summed E-state index contributed by atoms with van der Waals surface area (Å²) in [7, 11) is 1.65. The summed E-state index contributed by atoms with van der Waals surface area (Å²) < 4.78 is 10.8. The lowest BCUT2D eigenvalue weighted by Crippen LogP contribution is -2.25. The number of aromatic carboxylic acids is 1. The molecule has 0 saturated carbocycles. The Balaban J connectivity index is 2.61. The van der Waals surface area contributed by atoms with E-state index in [4.69, 9.17) is 20.3 Å². The van der Waals surface area contributed by atoms with Gasteiger partial charge in [0.2, 0.25) is 0 Å². The molecule has 0 aliphatic heterocycles. The highest BCUT2D eigenvalue weighted by molar-refractivity contribution is 5.89. The van der Waals surface area contributed by atoms with Gasteiger partial charge in [-0.2, -0.15) is 0 Å². The molecule has 1 aromatic carbocycles. The van der Waals surface area contributed by atoms with Crippen LogP contribution in [0.2, 0.25) is 0 Å². The number of benzene rings is 1. The molecule has 0 aliphatic carbocycles. The fourth-order valence-corrected chi connectivity index (χ4v) is 1.32. The van der Waals surface area contributed by atoms with E-state index >= 15 is 0 Å². The van der Waals surface area contributed by atoms with Crippen molar-refractivity contribution < 1.29 is 19.4 Å². The standard InChI is InChI=1S/C13H19NO4/c1-13(2,17-3)6-7-18-11-5-4-9(12(15)16)8-10(11)14/h4-5,8H,6-7,14H2,1-3H3,(H,15,16). The van der Waals surface area contributed by atoms with Crippen LogP contribution in [-0.4, -0.2) is 30.4 Å². The van der Waals surface area contributed by atoms with Crippen LogP contribution in [-0.2, 0) is 4.74 Å². The number of hydrogen-bond donors (Lipinski definition) is 2. The SMILES string of the molecule is COC(C)(C)CCOc1ccc(C(=O)O)cc1N. The van der Waals surface area contributed by atoms with Gasteiger partial charge in [-0.25, -0.2) is 4.79 Å². The number of nitrogen functional groups attached to an aromatic ring is 1. The number of ether oxygens (including phenoxy) is 2. The van der Waals surface area contributed by atoms with Gasteiger partial charge in [0.1, 0.15) is 5.75 Å². The number of carbonyl (C=O) groups is 1. The van der Waals surface area contributed by atoms with Gasteiger partial charge in [0.05, 0.1) is 23.5 Å². The van der Waals surface area contributed by atoms with Crippen LogP contribution in [0.3, 0.4) is 0 Å². The smallest absolute Gasteiger partial charge is 0.335 e. The molecule has 0 aromatic heterocycles. The van der Waals surface area contributed by atoms with E-state index in [9.17, 15) is 4.79 Å². The van der Waals surface area contributed by atoms with E-state index in [1.165, 1.54) is 12.1 Å². The number of hydrogen-bond acceptors (Lipinski definition) is 4. The van der Waals surface area contributed by atoms with E-state index in [1.54, 1.807) is 13.2 Å². The van der Waals surface area contributed by atoms with E-state index in [2.05, 4.69) is 0 Å². The van der Waals surface area contributed by atoms with Crippen molar-refractivity contribution in [2.24, 2.45) is 0 Å². The van der Waals surface area contributed by atoms with Crippen molar-refractivity contribution in [2.75, 3.05) is 19.5 Å². The molecule has 0 atom stereocenters. The molecule has 0 aliphatic rings. The van der Waals surface area contributed by atoms with Gasteiger partial charge in [-0.15, -0.1) is 0 Å². The zero-order chi connectivity index (χ0) is 13.8. The van der Waals surface area contributed by atoms with Crippen molar-refractivity contribution in [3.63, 3.8) is 0 Å². The number of carboxylic acids is 1. The Bertz CT molecular complexity index is 429. The van der Waals surface area contributed by atoms with Gasteiger partial charge in [0, 0.05) is 13.5 Å². The highest BCUT2D eigenvalue weighted by Crippen LogP contribution is 2.23. The largest absolute Gasteiger partial charge is 0.491 e. The van der Waals surface area contributed by atoms with Gasteiger partial charge >= 0.3 is 5.97 Å². The van der Waals surface area contributed by atoms with Gasteiger partial charge in [-0.1, -0.05) is 0 Å². The topological polar surface area (TPSA) is 81.8 Å². The first-order valence-corrected chi connectivity index (χ1v) is 5.66. The average molecular weight is 253 g/mol. The molecule has 0 bridgehead atoms. The molecule has 100 valence electrons. The molecular weight excluding hydrogens is 234 g/mol. The molecule has 0 fully saturated rings. The van der Waals surface area contributed by atoms with Crippen molar-refractivity contribution in [1.29, 1.82) is 0 Å². The summed E-state index contributed by atoms with van der Waals surface area (Å²) in [5.41, 5.74) is 5.94.